The Morgan fingerprint density at radius 3 is 2.79 bits per heavy atom. The van der Waals surface area contributed by atoms with Crippen LogP contribution in [-0.4, -0.2) is 46.3 Å². The summed E-state index contributed by atoms with van der Waals surface area (Å²) in [6.07, 6.45) is 4.27. The number of fused-ring (bicyclic) bond motifs is 2. The second kappa shape index (κ2) is 4.85. The summed E-state index contributed by atoms with van der Waals surface area (Å²) in [5, 5.41) is 6.98. The molecule has 2 aliphatic heterocycles. The number of aromatic nitrogens is 2. The highest BCUT2D eigenvalue weighted by atomic mass is 16.5. The second-order valence-corrected chi connectivity index (χ2v) is 5.38. The molecule has 0 aliphatic carbocycles. The van der Waals surface area contributed by atoms with Crippen LogP contribution in [0.25, 0.3) is 0 Å². The number of aromatic amines is 1. The summed E-state index contributed by atoms with van der Waals surface area (Å²) in [6, 6.07) is 0. The Kier molecular flexibility index (Phi) is 3.18. The van der Waals surface area contributed by atoms with Gasteiger partial charge < -0.3 is 15.4 Å². The number of likely N-dealkylation sites (tertiary alicyclic amines) is 1. The third-order valence-corrected chi connectivity index (χ3v) is 3.92. The molecule has 19 heavy (non-hydrogen) atoms. The van der Waals surface area contributed by atoms with Gasteiger partial charge in [-0.2, -0.15) is 5.10 Å². The molecule has 3 heterocycles. The number of H-pyrrole nitrogens is 1. The van der Waals surface area contributed by atoms with Gasteiger partial charge in [-0.25, -0.2) is 0 Å². The topological polar surface area (TPSA) is 84.2 Å². The number of hydrogen-bond donors (Lipinski definition) is 2. The van der Waals surface area contributed by atoms with E-state index in [1.165, 1.54) is 0 Å². The van der Waals surface area contributed by atoms with Crippen molar-refractivity contribution < 1.29 is 9.53 Å². The van der Waals surface area contributed by atoms with Gasteiger partial charge in [-0.1, -0.05) is 13.3 Å². The first-order chi connectivity index (χ1) is 9.19. The molecule has 0 radical (unpaired) electrons. The summed E-state index contributed by atoms with van der Waals surface area (Å²) < 4.78 is 5.73. The van der Waals surface area contributed by atoms with Crippen LogP contribution in [0.3, 0.4) is 0 Å². The zero-order chi connectivity index (χ0) is 13.4. The number of amides is 1. The summed E-state index contributed by atoms with van der Waals surface area (Å²) in [4.78, 5) is 14.3. The van der Waals surface area contributed by atoms with Gasteiger partial charge in [0.1, 0.15) is 0 Å². The Morgan fingerprint density at radius 1 is 1.47 bits per heavy atom. The van der Waals surface area contributed by atoms with Gasteiger partial charge in [0.2, 0.25) is 0 Å². The fourth-order valence-electron chi connectivity index (χ4n) is 2.92. The van der Waals surface area contributed by atoms with E-state index in [2.05, 4.69) is 17.1 Å². The number of carbonyl (C=O) groups excluding carboxylic acids is 1. The maximum absolute atomic E-state index is 12.5. The van der Waals surface area contributed by atoms with Crippen molar-refractivity contribution in [3.8, 4) is 0 Å². The van der Waals surface area contributed by atoms with Crippen molar-refractivity contribution in [1.29, 1.82) is 0 Å². The van der Waals surface area contributed by atoms with Crippen molar-refractivity contribution >= 4 is 11.6 Å². The number of nitrogens with zero attached hydrogens (tertiary/aromatic N) is 2. The van der Waals surface area contributed by atoms with Gasteiger partial charge in [-0.05, 0) is 19.3 Å². The van der Waals surface area contributed by atoms with E-state index in [1.807, 2.05) is 4.90 Å². The Balaban J connectivity index is 1.76. The summed E-state index contributed by atoms with van der Waals surface area (Å²) in [5.74, 6) is -0.0729. The maximum Gasteiger partial charge on any atom is 0.276 e. The lowest BCUT2D eigenvalue weighted by atomic mass is 10.2. The predicted molar refractivity (Wildman–Crippen MR) is 70.8 cm³/mol. The van der Waals surface area contributed by atoms with Crippen molar-refractivity contribution in [2.75, 3.05) is 18.8 Å². The SMILES string of the molecule is CCCc1[nH]nc(C(=O)N2CC3CCC(C2)O3)c1N. The fraction of sp³-hybridized carbons (Fsp3) is 0.692. The number of nitrogens with two attached hydrogens (primary N) is 1. The lowest BCUT2D eigenvalue weighted by molar-refractivity contribution is -0.0305. The van der Waals surface area contributed by atoms with E-state index < -0.39 is 0 Å². The lowest BCUT2D eigenvalue weighted by Gasteiger charge is -2.31. The van der Waals surface area contributed by atoms with E-state index in [4.69, 9.17) is 10.5 Å². The number of carbonyl (C=O) groups is 1. The Morgan fingerprint density at radius 2 is 2.16 bits per heavy atom. The lowest BCUT2D eigenvalue weighted by Crippen LogP contribution is -2.46. The molecule has 2 saturated heterocycles. The van der Waals surface area contributed by atoms with E-state index in [0.29, 0.717) is 24.5 Å². The van der Waals surface area contributed by atoms with Crippen LogP contribution in [0.2, 0.25) is 0 Å². The molecule has 1 aromatic rings. The van der Waals surface area contributed by atoms with Crippen molar-refractivity contribution in [2.24, 2.45) is 0 Å². The average Bonchev–Trinajstić information content (AvgIpc) is 2.93. The Hall–Kier alpha value is -1.56. The van der Waals surface area contributed by atoms with Crippen molar-refractivity contribution in [3.63, 3.8) is 0 Å². The smallest absolute Gasteiger partial charge is 0.276 e. The minimum Gasteiger partial charge on any atom is -0.395 e. The van der Waals surface area contributed by atoms with Crippen LogP contribution >= 0.6 is 0 Å². The van der Waals surface area contributed by atoms with Crippen molar-refractivity contribution in [1.82, 2.24) is 15.1 Å². The third kappa shape index (κ3) is 2.20. The number of aryl methyl sites for hydroxylation is 1. The van der Waals surface area contributed by atoms with E-state index in [9.17, 15) is 4.79 Å². The van der Waals surface area contributed by atoms with Crippen LogP contribution in [0.4, 0.5) is 5.69 Å². The van der Waals surface area contributed by atoms with Crippen LogP contribution in [0.5, 0.6) is 0 Å². The summed E-state index contributed by atoms with van der Waals surface area (Å²) in [5.41, 5.74) is 7.74. The normalized spacial score (nSPS) is 25.8. The standard InChI is InChI=1S/C13H20N4O2/c1-2-3-10-11(14)12(16-15-10)13(18)17-6-8-4-5-9(7-17)19-8/h8-9H,2-7,14H2,1H3,(H,15,16). The second-order valence-electron chi connectivity index (χ2n) is 5.38. The van der Waals surface area contributed by atoms with Crippen LogP contribution in [0.1, 0.15) is 42.4 Å². The predicted octanol–water partition coefficient (Wildman–Crippen LogP) is 0.948. The summed E-state index contributed by atoms with van der Waals surface area (Å²) in [7, 11) is 0. The first-order valence-electron chi connectivity index (χ1n) is 6.96. The Labute approximate surface area is 112 Å². The molecule has 2 unspecified atom stereocenters. The number of rotatable bonds is 3. The number of morpholine rings is 1. The molecular formula is C13H20N4O2. The molecule has 2 atom stereocenters. The molecule has 1 amide bonds. The number of hydrogen-bond acceptors (Lipinski definition) is 4. The number of nitrogens with one attached hydrogen (secondary N) is 1. The molecule has 3 rings (SSSR count). The van der Waals surface area contributed by atoms with Crippen LogP contribution in [0, 0.1) is 0 Å². The highest BCUT2D eigenvalue weighted by molar-refractivity contribution is 5.97. The van der Waals surface area contributed by atoms with Crippen molar-refractivity contribution in [2.45, 2.75) is 44.8 Å². The van der Waals surface area contributed by atoms with E-state index in [0.717, 1.165) is 31.4 Å². The largest absolute Gasteiger partial charge is 0.395 e. The quantitative estimate of drug-likeness (QED) is 0.851. The average molecular weight is 264 g/mol. The van der Waals surface area contributed by atoms with Crippen LogP contribution in [0.15, 0.2) is 0 Å². The van der Waals surface area contributed by atoms with Crippen LogP contribution < -0.4 is 5.73 Å². The van der Waals surface area contributed by atoms with Gasteiger partial charge in [0.05, 0.1) is 23.6 Å². The summed E-state index contributed by atoms with van der Waals surface area (Å²) in [6.45, 7) is 3.39. The number of anilines is 1. The van der Waals surface area contributed by atoms with E-state index >= 15 is 0 Å². The molecule has 2 bridgehead atoms. The van der Waals surface area contributed by atoms with Gasteiger partial charge in [-0.3, -0.25) is 9.89 Å². The van der Waals surface area contributed by atoms with Gasteiger partial charge in [0.25, 0.3) is 5.91 Å². The molecule has 2 fully saturated rings. The third-order valence-electron chi connectivity index (χ3n) is 3.92. The zero-order valence-electron chi connectivity index (χ0n) is 11.2. The minimum atomic E-state index is -0.0729. The molecular weight excluding hydrogens is 244 g/mol. The maximum atomic E-state index is 12.5. The molecule has 0 aromatic carbocycles. The number of nitrogen functional groups attached to an aromatic ring is 1. The summed E-state index contributed by atoms with van der Waals surface area (Å²) >= 11 is 0. The van der Waals surface area contributed by atoms with Gasteiger partial charge >= 0.3 is 0 Å². The number of ether oxygens (including phenoxy) is 1. The molecule has 2 aliphatic rings. The molecule has 1 aromatic heterocycles. The highest BCUT2D eigenvalue weighted by Gasteiger charge is 2.37. The van der Waals surface area contributed by atoms with Gasteiger partial charge in [0, 0.05) is 13.1 Å². The molecule has 0 saturated carbocycles. The zero-order valence-corrected chi connectivity index (χ0v) is 11.2. The Bertz CT molecular complexity index is 473. The van der Waals surface area contributed by atoms with E-state index in [1.54, 1.807) is 0 Å². The van der Waals surface area contributed by atoms with Crippen molar-refractivity contribution in [3.05, 3.63) is 11.4 Å². The highest BCUT2D eigenvalue weighted by Crippen LogP contribution is 2.28. The van der Waals surface area contributed by atoms with E-state index in [-0.39, 0.29) is 18.1 Å². The molecule has 6 heteroatoms. The molecule has 0 spiro atoms. The first kappa shape index (κ1) is 12.5. The molecule has 6 nitrogen and oxygen atoms in total. The first-order valence-corrected chi connectivity index (χ1v) is 6.96. The molecule has 3 N–H and O–H groups in total. The monoisotopic (exact) mass is 264 g/mol. The van der Waals surface area contributed by atoms with Crippen LogP contribution in [-0.2, 0) is 11.2 Å². The molecule has 104 valence electrons. The fourth-order valence-corrected chi connectivity index (χ4v) is 2.92. The van der Waals surface area contributed by atoms with Gasteiger partial charge in [-0.15, -0.1) is 0 Å². The minimum absolute atomic E-state index is 0.0729. The van der Waals surface area contributed by atoms with Gasteiger partial charge in [0.15, 0.2) is 5.69 Å².